The molecule has 11 heteroatoms. The van der Waals surface area contributed by atoms with E-state index >= 15 is 0 Å². The Morgan fingerprint density at radius 3 is 2.14 bits per heavy atom. The number of alkyl halides is 3. The van der Waals surface area contributed by atoms with Crippen LogP contribution in [0.3, 0.4) is 0 Å². The molecular weight excluding hydrogens is 547 g/mol. The molecule has 1 saturated carbocycles. The summed E-state index contributed by atoms with van der Waals surface area (Å²) in [6, 6.07) is 16.8. The smallest absolute Gasteiger partial charge is 0.475 e. The van der Waals surface area contributed by atoms with Gasteiger partial charge in [-0.25, -0.2) is 9.78 Å². The van der Waals surface area contributed by atoms with Crippen molar-refractivity contribution in [2.24, 2.45) is 0 Å². The normalized spacial score (nSPS) is 16.7. The van der Waals surface area contributed by atoms with Crippen molar-refractivity contribution in [1.29, 1.82) is 0 Å². The maximum atomic E-state index is 12.8. The number of benzene rings is 2. The topological polar surface area (TPSA) is 107 Å². The van der Waals surface area contributed by atoms with Gasteiger partial charge in [0.1, 0.15) is 5.82 Å². The van der Waals surface area contributed by atoms with E-state index in [0.29, 0.717) is 12.0 Å². The monoisotopic (exact) mass is 587 g/mol. The Morgan fingerprint density at radius 2 is 1.55 bits per heavy atom. The first-order valence-electron chi connectivity index (χ1n) is 14.4. The van der Waals surface area contributed by atoms with Crippen LogP contribution >= 0.6 is 0 Å². The number of fused-ring (bicyclic) bond motifs is 1. The predicted octanol–water partition coefficient (Wildman–Crippen LogP) is 6.61. The molecule has 1 aliphatic rings. The molecule has 8 nitrogen and oxygen atoms in total. The van der Waals surface area contributed by atoms with Gasteiger partial charge < -0.3 is 20.6 Å². The van der Waals surface area contributed by atoms with Crippen LogP contribution in [0.1, 0.15) is 74.2 Å². The van der Waals surface area contributed by atoms with E-state index in [1.165, 1.54) is 31.2 Å². The SMILES string of the molecule is CCCCCCc1ccc(C(=O)NC2CCC(Nc3nc(N(C)C)c4ccccc4n3)CC2)cc1.O=C(O)C(F)(F)F. The van der Waals surface area contributed by atoms with E-state index in [9.17, 15) is 18.0 Å². The van der Waals surface area contributed by atoms with Gasteiger partial charge in [-0.2, -0.15) is 18.2 Å². The first kappa shape index (κ1) is 32.6. The highest BCUT2D eigenvalue weighted by Crippen LogP contribution is 2.26. The van der Waals surface area contributed by atoms with Gasteiger partial charge in [-0.05, 0) is 68.4 Å². The number of nitrogens with zero attached hydrogens (tertiary/aromatic N) is 3. The molecule has 2 aromatic carbocycles. The number of carboxylic acid groups (broad SMARTS) is 1. The number of rotatable bonds is 10. The summed E-state index contributed by atoms with van der Waals surface area (Å²) in [4.78, 5) is 33.2. The molecule has 228 valence electrons. The lowest BCUT2D eigenvalue weighted by atomic mass is 9.91. The zero-order valence-corrected chi connectivity index (χ0v) is 24.4. The van der Waals surface area contributed by atoms with Gasteiger partial charge in [0.25, 0.3) is 5.91 Å². The van der Waals surface area contributed by atoms with Crippen LogP contribution in [0.5, 0.6) is 0 Å². The molecule has 1 aromatic heterocycles. The molecular formula is C31H40F3N5O3. The fourth-order valence-corrected chi connectivity index (χ4v) is 4.88. The minimum atomic E-state index is -5.08. The number of carboxylic acids is 1. The van der Waals surface area contributed by atoms with Crippen LogP contribution in [0, 0.1) is 0 Å². The highest BCUT2D eigenvalue weighted by atomic mass is 19.4. The number of aryl methyl sites for hydroxylation is 1. The maximum absolute atomic E-state index is 12.8. The molecule has 0 atom stereocenters. The van der Waals surface area contributed by atoms with E-state index in [1.807, 2.05) is 49.3 Å². The second kappa shape index (κ2) is 15.4. The third-order valence-electron chi connectivity index (χ3n) is 7.18. The molecule has 0 radical (unpaired) electrons. The Balaban J connectivity index is 0.000000616. The summed E-state index contributed by atoms with van der Waals surface area (Å²) in [5.41, 5.74) is 3.02. The number of aromatic nitrogens is 2. The Morgan fingerprint density at radius 1 is 0.929 bits per heavy atom. The van der Waals surface area contributed by atoms with Crippen molar-refractivity contribution < 1.29 is 27.9 Å². The van der Waals surface area contributed by atoms with E-state index in [4.69, 9.17) is 19.9 Å². The van der Waals surface area contributed by atoms with Gasteiger partial charge in [0, 0.05) is 37.1 Å². The number of halogens is 3. The van der Waals surface area contributed by atoms with Crippen molar-refractivity contribution in [3.8, 4) is 0 Å². The minimum absolute atomic E-state index is 0.0347. The number of carbonyl (C=O) groups excluding carboxylic acids is 1. The Kier molecular flexibility index (Phi) is 11.9. The lowest BCUT2D eigenvalue weighted by Crippen LogP contribution is -2.40. The summed E-state index contributed by atoms with van der Waals surface area (Å²) in [7, 11) is 4.02. The number of carbonyl (C=O) groups is 2. The van der Waals surface area contributed by atoms with E-state index in [1.54, 1.807) is 0 Å². The van der Waals surface area contributed by atoms with Crippen LogP contribution in [0.2, 0.25) is 0 Å². The molecule has 0 bridgehead atoms. The van der Waals surface area contributed by atoms with Crippen molar-refractivity contribution >= 4 is 34.5 Å². The Hall–Kier alpha value is -3.89. The second-order valence-corrected chi connectivity index (χ2v) is 10.8. The fourth-order valence-electron chi connectivity index (χ4n) is 4.88. The number of para-hydroxylation sites is 1. The molecule has 1 amide bonds. The molecule has 3 N–H and O–H groups in total. The number of amides is 1. The van der Waals surface area contributed by atoms with Gasteiger partial charge in [-0.3, -0.25) is 4.79 Å². The molecule has 0 unspecified atom stereocenters. The van der Waals surface area contributed by atoms with E-state index in [-0.39, 0.29) is 11.9 Å². The second-order valence-electron chi connectivity index (χ2n) is 10.8. The minimum Gasteiger partial charge on any atom is -0.475 e. The predicted molar refractivity (Wildman–Crippen MR) is 159 cm³/mol. The highest BCUT2D eigenvalue weighted by molar-refractivity contribution is 5.94. The quantitative estimate of drug-likeness (QED) is 0.229. The van der Waals surface area contributed by atoms with Crippen molar-refractivity contribution in [2.75, 3.05) is 24.3 Å². The molecule has 0 spiro atoms. The molecule has 0 aliphatic heterocycles. The van der Waals surface area contributed by atoms with E-state index in [0.717, 1.165) is 54.4 Å². The number of hydrogen-bond donors (Lipinski definition) is 3. The Bertz CT molecular complexity index is 1310. The maximum Gasteiger partial charge on any atom is 0.490 e. The number of hydrogen-bond acceptors (Lipinski definition) is 6. The zero-order chi connectivity index (χ0) is 30.7. The third kappa shape index (κ3) is 9.88. The van der Waals surface area contributed by atoms with Gasteiger partial charge in [0.2, 0.25) is 5.95 Å². The van der Waals surface area contributed by atoms with Crippen molar-refractivity contribution in [1.82, 2.24) is 15.3 Å². The number of nitrogens with one attached hydrogen (secondary N) is 2. The number of unbranched alkanes of at least 4 members (excludes halogenated alkanes) is 3. The summed E-state index contributed by atoms with van der Waals surface area (Å²) in [5, 5.41) is 15.0. The largest absolute Gasteiger partial charge is 0.490 e. The van der Waals surface area contributed by atoms with Gasteiger partial charge >= 0.3 is 12.1 Å². The van der Waals surface area contributed by atoms with Crippen LogP contribution in [-0.2, 0) is 11.2 Å². The van der Waals surface area contributed by atoms with Gasteiger partial charge in [0.05, 0.1) is 5.52 Å². The van der Waals surface area contributed by atoms with Gasteiger partial charge in [0.15, 0.2) is 0 Å². The third-order valence-corrected chi connectivity index (χ3v) is 7.18. The molecule has 0 saturated heterocycles. The first-order valence-corrected chi connectivity index (χ1v) is 14.4. The van der Waals surface area contributed by atoms with Crippen molar-refractivity contribution in [3.05, 3.63) is 59.7 Å². The molecule has 42 heavy (non-hydrogen) atoms. The van der Waals surface area contributed by atoms with Gasteiger partial charge in [-0.1, -0.05) is 50.5 Å². The van der Waals surface area contributed by atoms with Crippen molar-refractivity contribution in [3.63, 3.8) is 0 Å². The average molecular weight is 588 g/mol. The summed E-state index contributed by atoms with van der Waals surface area (Å²) in [5.74, 6) is -1.12. The Labute approximate surface area is 244 Å². The average Bonchev–Trinajstić information content (AvgIpc) is 2.96. The highest BCUT2D eigenvalue weighted by Gasteiger charge is 2.38. The summed E-state index contributed by atoms with van der Waals surface area (Å²) in [6.45, 7) is 2.23. The van der Waals surface area contributed by atoms with Crippen LogP contribution in [-0.4, -0.2) is 59.3 Å². The molecule has 3 aromatic rings. The fraction of sp³-hybridized carbons (Fsp3) is 0.484. The molecule has 4 rings (SSSR count). The van der Waals surface area contributed by atoms with Crippen LogP contribution < -0.4 is 15.5 Å². The molecule has 1 aliphatic carbocycles. The molecule has 1 fully saturated rings. The van der Waals surface area contributed by atoms with E-state index < -0.39 is 12.1 Å². The van der Waals surface area contributed by atoms with Crippen LogP contribution in [0.25, 0.3) is 10.9 Å². The number of anilines is 2. The van der Waals surface area contributed by atoms with Gasteiger partial charge in [-0.15, -0.1) is 0 Å². The summed E-state index contributed by atoms with van der Waals surface area (Å²) in [6.07, 6.45) is 4.92. The van der Waals surface area contributed by atoms with E-state index in [2.05, 4.69) is 35.8 Å². The first-order chi connectivity index (χ1) is 20.0. The van der Waals surface area contributed by atoms with Crippen LogP contribution in [0.4, 0.5) is 24.9 Å². The standard InChI is InChI=1S/C29H39N5O.C2HF3O2/c1-4-5-6-7-10-21-13-15-22(16-14-21)28(35)30-23-17-19-24(20-18-23)31-29-32-26-12-9-8-11-25(26)27(33-29)34(2)3;3-2(4,5)1(6)7/h8-9,11-16,23-24H,4-7,10,17-20H2,1-3H3,(H,30,35)(H,31,32,33);(H,6,7). The van der Waals surface area contributed by atoms with Crippen LogP contribution in [0.15, 0.2) is 48.5 Å². The van der Waals surface area contributed by atoms with Crippen molar-refractivity contribution in [2.45, 2.75) is 83.0 Å². The number of aliphatic carboxylic acids is 1. The molecule has 1 heterocycles. The zero-order valence-electron chi connectivity index (χ0n) is 24.4. The lowest BCUT2D eigenvalue weighted by molar-refractivity contribution is -0.192. The summed E-state index contributed by atoms with van der Waals surface area (Å²) >= 11 is 0. The summed E-state index contributed by atoms with van der Waals surface area (Å²) < 4.78 is 31.7. The lowest BCUT2D eigenvalue weighted by Gasteiger charge is -2.30.